The van der Waals surface area contributed by atoms with Gasteiger partial charge in [0, 0.05) is 0 Å². The lowest BCUT2D eigenvalue weighted by molar-refractivity contribution is -0.150. The highest BCUT2D eigenvalue weighted by Gasteiger charge is 2.17. The zero-order valence-corrected chi connectivity index (χ0v) is 5.15. The average Bonchev–Trinajstić information content (AvgIpc) is 1.98. The van der Waals surface area contributed by atoms with Gasteiger partial charge < -0.3 is 4.74 Å². The number of hydrogen-bond donors (Lipinski definition) is 0. The van der Waals surface area contributed by atoms with Crippen LogP contribution < -0.4 is 0 Å². The molecule has 60 valence electrons. The highest BCUT2D eigenvalue weighted by atomic mass is 19.2. The van der Waals surface area contributed by atoms with E-state index in [2.05, 4.69) is 4.74 Å². The molecule has 10 heavy (non-hydrogen) atoms. The molecule has 0 fully saturated rings. The minimum atomic E-state index is -2.27. The Kier molecular flexibility index (Phi) is 4.70. The lowest BCUT2D eigenvalue weighted by Crippen LogP contribution is -2.21. The predicted octanol–water partition coefficient (Wildman–Crippen LogP) is 0.807. The van der Waals surface area contributed by atoms with Crippen LogP contribution in [0.1, 0.15) is 0 Å². The van der Waals surface area contributed by atoms with E-state index in [1.54, 1.807) is 0 Å². The number of hydrogen-bond acceptors (Lipinski definition) is 2. The third-order valence-corrected chi connectivity index (χ3v) is 0.713. The SMILES string of the molecule is O=C(OCCF)C(F)CF. The largest absolute Gasteiger partial charge is 0.461 e. The van der Waals surface area contributed by atoms with Gasteiger partial charge in [-0.05, 0) is 0 Å². The van der Waals surface area contributed by atoms with E-state index in [1.165, 1.54) is 0 Å². The summed E-state index contributed by atoms with van der Waals surface area (Å²) in [6.45, 7) is -2.82. The van der Waals surface area contributed by atoms with Crippen molar-refractivity contribution in [3.05, 3.63) is 0 Å². The summed E-state index contributed by atoms with van der Waals surface area (Å²) in [5.74, 6) is -1.35. The first-order valence-electron chi connectivity index (χ1n) is 2.65. The van der Waals surface area contributed by atoms with Gasteiger partial charge in [-0.25, -0.2) is 18.0 Å². The minimum absolute atomic E-state index is 0.515. The molecule has 5 heteroatoms. The molecule has 1 unspecified atom stereocenters. The molecule has 0 aliphatic rings. The first-order chi connectivity index (χ1) is 4.72. The maximum absolute atomic E-state index is 11.9. The molecule has 0 aliphatic carbocycles. The van der Waals surface area contributed by atoms with Crippen molar-refractivity contribution in [2.45, 2.75) is 6.17 Å². The van der Waals surface area contributed by atoms with Crippen LogP contribution in [-0.4, -0.2) is 32.1 Å². The Labute approximate surface area is 56.0 Å². The molecular weight excluding hydrogens is 149 g/mol. The van der Waals surface area contributed by atoms with E-state index in [0.29, 0.717) is 0 Å². The van der Waals surface area contributed by atoms with Gasteiger partial charge in [0.1, 0.15) is 20.0 Å². The molecule has 0 aromatic carbocycles. The molecule has 0 radical (unpaired) electrons. The number of alkyl halides is 3. The van der Waals surface area contributed by atoms with E-state index in [-0.39, 0.29) is 0 Å². The number of rotatable bonds is 4. The molecule has 0 spiro atoms. The van der Waals surface area contributed by atoms with Crippen LogP contribution in [0.25, 0.3) is 0 Å². The standard InChI is InChI=1S/C5H7F3O2/c6-1-2-10-5(9)4(8)3-7/h4H,1-3H2. The summed E-state index contributed by atoms with van der Waals surface area (Å²) >= 11 is 0. The quantitative estimate of drug-likeness (QED) is 0.563. The van der Waals surface area contributed by atoms with Crippen LogP contribution in [0.15, 0.2) is 0 Å². The van der Waals surface area contributed by atoms with Gasteiger partial charge >= 0.3 is 5.97 Å². The van der Waals surface area contributed by atoms with Crippen molar-refractivity contribution in [3.63, 3.8) is 0 Å². The molecule has 0 N–H and O–H groups in total. The molecule has 0 heterocycles. The molecule has 1 atom stereocenters. The van der Waals surface area contributed by atoms with E-state index in [1.807, 2.05) is 0 Å². The van der Waals surface area contributed by atoms with Gasteiger partial charge in [-0.3, -0.25) is 0 Å². The number of halogens is 3. The summed E-state index contributed by atoms with van der Waals surface area (Å²) < 4.78 is 38.3. The molecule has 0 bridgehead atoms. The molecule has 0 rings (SSSR count). The van der Waals surface area contributed by atoms with Crippen LogP contribution in [-0.2, 0) is 9.53 Å². The predicted molar refractivity (Wildman–Crippen MR) is 27.8 cm³/mol. The van der Waals surface area contributed by atoms with Crippen molar-refractivity contribution >= 4 is 5.97 Å². The topological polar surface area (TPSA) is 26.3 Å². The lowest BCUT2D eigenvalue weighted by atomic mass is 10.4. The van der Waals surface area contributed by atoms with Gasteiger partial charge in [-0.15, -0.1) is 0 Å². The van der Waals surface area contributed by atoms with Gasteiger partial charge in [-0.1, -0.05) is 0 Å². The fourth-order valence-electron chi connectivity index (χ4n) is 0.293. The van der Waals surface area contributed by atoms with Crippen molar-refractivity contribution in [2.24, 2.45) is 0 Å². The number of carbonyl (C=O) groups excluding carboxylic acids is 1. The summed E-state index contributed by atoms with van der Waals surface area (Å²) in [5.41, 5.74) is 0. The fourth-order valence-corrected chi connectivity index (χ4v) is 0.293. The van der Waals surface area contributed by atoms with Crippen molar-refractivity contribution in [1.29, 1.82) is 0 Å². The maximum atomic E-state index is 11.9. The lowest BCUT2D eigenvalue weighted by Gasteiger charge is -2.02. The van der Waals surface area contributed by atoms with E-state index in [9.17, 15) is 18.0 Å². The molecule has 0 aromatic heterocycles. The Morgan fingerprint density at radius 2 is 2.10 bits per heavy atom. The molecule has 0 saturated heterocycles. The summed E-state index contributed by atoms with van der Waals surface area (Å²) in [4.78, 5) is 10.1. The Bertz CT molecular complexity index is 107. The first-order valence-corrected chi connectivity index (χ1v) is 2.65. The smallest absolute Gasteiger partial charge is 0.343 e. The fraction of sp³-hybridized carbons (Fsp3) is 0.800. The minimum Gasteiger partial charge on any atom is -0.461 e. The number of esters is 1. The van der Waals surface area contributed by atoms with E-state index >= 15 is 0 Å². The summed E-state index contributed by atoms with van der Waals surface area (Å²) in [5, 5.41) is 0. The van der Waals surface area contributed by atoms with E-state index < -0.39 is 32.1 Å². The van der Waals surface area contributed by atoms with E-state index in [4.69, 9.17) is 0 Å². The molecule has 0 aromatic rings. The second-order valence-electron chi connectivity index (χ2n) is 1.48. The Morgan fingerprint density at radius 3 is 2.50 bits per heavy atom. The van der Waals surface area contributed by atoms with Crippen molar-refractivity contribution in [2.75, 3.05) is 20.0 Å². The Balaban J connectivity index is 3.42. The van der Waals surface area contributed by atoms with E-state index in [0.717, 1.165) is 0 Å². The van der Waals surface area contributed by atoms with Gasteiger partial charge in [0.25, 0.3) is 0 Å². The first kappa shape index (κ1) is 9.26. The van der Waals surface area contributed by atoms with Gasteiger partial charge in [0.05, 0.1) is 0 Å². The second-order valence-corrected chi connectivity index (χ2v) is 1.48. The van der Waals surface area contributed by atoms with Gasteiger partial charge in [0.2, 0.25) is 6.17 Å². The van der Waals surface area contributed by atoms with Crippen molar-refractivity contribution in [1.82, 2.24) is 0 Å². The zero-order chi connectivity index (χ0) is 7.98. The normalized spacial score (nSPS) is 12.7. The Morgan fingerprint density at radius 1 is 1.50 bits per heavy atom. The monoisotopic (exact) mass is 156 g/mol. The summed E-state index contributed by atoms with van der Waals surface area (Å²) in [6, 6.07) is 0. The molecule has 0 aliphatic heterocycles. The summed E-state index contributed by atoms with van der Waals surface area (Å²) in [6.07, 6.45) is -2.27. The summed E-state index contributed by atoms with van der Waals surface area (Å²) in [7, 11) is 0. The van der Waals surface area contributed by atoms with Crippen LogP contribution in [0.5, 0.6) is 0 Å². The van der Waals surface area contributed by atoms with Crippen LogP contribution in [0.4, 0.5) is 13.2 Å². The third kappa shape index (κ3) is 3.32. The Hall–Kier alpha value is -0.740. The van der Waals surface area contributed by atoms with Crippen molar-refractivity contribution in [3.8, 4) is 0 Å². The third-order valence-electron chi connectivity index (χ3n) is 0.713. The van der Waals surface area contributed by atoms with Crippen LogP contribution in [0.2, 0.25) is 0 Å². The average molecular weight is 156 g/mol. The molecule has 2 nitrogen and oxygen atoms in total. The van der Waals surface area contributed by atoms with Gasteiger partial charge in [0.15, 0.2) is 0 Å². The molecular formula is C5H7F3O2. The number of carbonyl (C=O) groups is 1. The van der Waals surface area contributed by atoms with Crippen molar-refractivity contribution < 1.29 is 22.7 Å². The van der Waals surface area contributed by atoms with Crippen LogP contribution in [0.3, 0.4) is 0 Å². The number of ether oxygens (including phenoxy) is 1. The molecule has 0 saturated carbocycles. The molecule has 0 amide bonds. The highest BCUT2D eigenvalue weighted by Crippen LogP contribution is 1.95. The second kappa shape index (κ2) is 5.08. The zero-order valence-electron chi connectivity index (χ0n) is 5.15. The highest BCUT2D eigenvalue weighted by molar-refractivity contribution is 5.74. The maximum Gasteiger partial charge on any atom is 0.343 e. The van der Waals surface area contributed by atoms with Gasteiger partial charge in [-0.2, -0.15) is 0 Å². The van der Waals surface area contributed by atoms with Crippen LogP contribution >= 0.6 is 0 Å². The van der Waals surface area contributed by atoms with Crippen LogP contribution in [0, 0.1) is 0 Å².